The number of ether oxygens (including phenoxy) is 1. The second-order valence-electron chi connectivity index (χ2n) is 5.31. The van der Waals surface area contributed by atoms with Gasteiger partial charge in [0.2, 0.25) is 0 Å². The third-order valence-corrected chi connectivity index (χ3v) is 3.31. The van der Waals surface area contributed by atoms with Crippen LogP contribution in [0.15, 0.2) is 36.2 Å². The van der Waals surface area contributed by atoms with E-state index in [9.17, 15) is 4.79 Å². The van der Waals surface area contributed by atoms with E-state index < -0.39 is 5.97 Å². The van der Waals surface area contributed by atoms with Crippen LogP contribution in [0.25, 0.3) is 5.69 Å². The Balaban J connectivity index is 2.57. The number of hydrogen-bond donors (Lipinski definition) is 1. The van der Waals surface area contributed by atoms with Crippen molar-refractivity contribution in [3.8, 4) is 17.8 Å². The molecule has 1 aromatic heterocycles. The van der Waals surface area contributed by atoms with Crippen molar-refractivity contribution in [2.75, 3.05) is 11.9 Å². The number of hydrogen-bond acceptors (Lipinski definition) is 6. The molecule has 126 valence electrons. The fourth-order valence-corrected chi connectivity index (χ4v) is 2.34. The predicted molar refractivity (Wildman–Crippen MR) is 91.9 cm³/mol. The summed E-state index contributed by atoms with van der Waals surface area (Å²) in [5.41, 5.74) is 2.92. The first-order valence-corrected chi connectivity index (χ1v) is 7.60. The largest absolute Gasteiger partial charge is 0.462 e. The van der Waals surface area contributed by atoms with Gasteiger partial charge >= 0.3 is 5.97 Å². The molecule has 0 saturated heterocycles. The van der Waals surface area contributed by atoms with Gasteiger partial charge in [-0.25, -0.2) is 9.48 Å². The van der Waals surface area contributed by atoms with Crippen LogP contribution in [0, 0.1) is 36.5 Å². The van der Waals surface area contributed by atoms with Gasteiger partial charge < -0.3 is 10.1 Å². The van der Waals surface area contributed by atoms with Crippen molar-refractivity contribution in [3.63, 3.8) is 0 Å². The van der Waals surface area contributed by atoms with Crippen molar-refractivity contribution in [1.29, 1.82) is 10.5 Å². The Labute approximate surface area is 145 Å². The van der Waals surface area contributed by atoms with Crippen molar-refractivity contribution in [1.82, 2.24) is 9.78 Å². The topological polar surface area (TPSA) is 104 Å². The average molecular weight is 335 g/mol. The molecular formula is C18H17N5O2. The first-order valence-electron chi connectivity index (χ1n) is 7.60. The highest BCUT2D eigenvalue weighted by atomic mass is 16.5. The molecule has 2 aromatic rings. The molecular weight excluding hydrogens is 318 g/mol. The zero-order valence-corrected chi connectivity index (χ0v) is 14.2. The van der Waals surface area contributed by atoms with Crippen LogP contribution in [0.5, 0.6) is 0 Å². The third kappa shape index (κ3) is 4.04. The third-order valence-electron chi connectivity index (χ3n) is 3.31. The number of esters is 1. The minimum atomic E-state index is -0.538. The van der Waals surface area contributed by atoms with E-state index in [1.54, 1.807) is 19.1 Å². The van der Waals surface area contributed by atoms with Crippen LogP contribution in [0.2, 0.25) is 0 Å². The molecule has 0 spiro atoms. The molecule has 25 heavy (non-hydrogen) atoms. The molecule has 0 aliphatic heterocycles. The van der Waals surface area contributed by atoms with Gasteiger partial charge in [-0.3, -0.25) is 0 Å². The molecule has 0 bridgehead atoms. The molecule has 7 nitrogen and oxygen atoms in total. The fourth-order valence-electron chi connectivity index (χ4n) is 2.34. The lowest BCUT2D eigenvalue weighted by Gasteiger charge is -2.11. The standard InChI is InChI=1S/C18H17N5O2/c1-4-25-18(24)16-11-22-23(15-6-12(2)5-13(3)7-15)17(16)21-10-14(8-19)9-20/h5-7,10-11,21H,4H2,1-3H3. The van der Waals surface area contributed by atoms with Gasteiger partial charge in [-0.15, -0.1) is 0 Å². The highest BCUT2D eigenvalue weighted by Gasteiger charge is 2.19. The molecule has 7 heteroatoms. The maximum absolute atomic E-state index is 12.2. The Morgan fingerprint density at radius 1 is 1.28 bits per heavy atom. The average Bonchev–Trinajstić information content (AvgIpc) is 2.99. The van der Waals surface area contributed by atoms with Gasteiger partial charge in [0.1, 0.15) is 29.1 Å². The van der Waals surface area contributed by atoms with Crippen LogP contribution in [0.1, 0.15) is 28.4 Å². The molecule has 0 aliphatic rings. The molecule has 0 aliphatic carbocycles. The monoisotopic (exact) mass is 335 g/mol. The van der Waals surface area contributed by atoms with Gasteiger partial charge in [-0.05, 0) is 44.0 Å². The highest BCUT2D eigenvalue weighted by molar-refractivity contribution is 5.95. The number of nitrogens with zero attached hydrogens (tertiary/aromatic N) is 4. The summed E-state index contributed by atoms with van der Waals surface area (Å²) >= 11 is 0. The number of aryl methyl sites for hydroxylation is 2. The number of carbonyl (C=O) groups excluding carboxylic acids is 1. The molecule has 0 unspecified atom stereocenters. The summed E-state index contributed by atoms with van der Waals surface area (Å²) in [6, 6.07) is 9.37. The van der Waals surface area contributed by atoms with E-state index in [1.807, 2.05) is 32.0 Å². The van der Waals surface area contributed by atoms with Gasteiger partial charge in [0.05, 0.1) is 18.5 Å². The SMILES string of the molecule is CCOC(=O)c1cnn(-c2cc(C)cc(C)c2)c1NC=C(C#N)C#N. The summed E-state index contributed by atoms with van der Waals surface area (Å²) in [4.78, 5) is 12.2. The summed E-state index contributed by atoms with van der Waals surface area (Å²) in [6.07, 6.45) is 2.63. The maximum Gasteiger partial charge on any atom is 0.343 e. The Kier molecular flexibility index (Phi) is 5.54. The lowest BCUT2D eigenvalue weighted by atomic mass is 10.1. The number of nitrogens with one attached hydrogen (secondary N) is 1. The Bertz CT molecular complexity index is 876. The van der Waals surface area contributed by atoms with Crippen molar-refractivity contribution in [2.24, 2.45) is 0 Å². The summed E-state index contributed by atoms with van der Waals surface area (Å²) in [5.74, 6) is -0.212. The molecule has 0 amide bonds. The van der Waals surface area contributed by atoms with E-state index in [1.165, 1.54) is 17.1 Å². The van der Waals surface area contributed by atoms with Crippen LogP contribution in [0.4, 0.5) is 5.82 Å². The number of anilines is 1. The van der Waals surface area contributed by atoms with Crippen molar-refractivity contribution >= 4 is 11.8 Å². The van der Waals surface area contributed by atoms with Gasteiger partial charge in [-0.1, -0.05) is 6.07 Å². The lowest BCUT2D eigenvalue weighted by molar-refractivity contribution is 0.0527. The van der Waals surface area contributed by atoms with Crippen molar-refractivity contribution in [2.45, 2.75) is 20.8 Å². The van der Waals surface area contributed by atoms with Crippen molar-refractivity contribution in [3.05, 3.63) is 52.9 Å². The number of allylic oxidation sites excluding steroid dienone is 1. The number of rotatable bonds is 5. The fraction of sp³-hybridized carbons (Fsp3) is 0.222. The van der Waals surface area contributed by atoms with Crippen LogP contribution in [-0.2, 0) is 4.74 Å². The Morgan fingerprint density at radius 2 is 1.92 bits per heavy atom. The van der Waals surface area contributed by atoms with E-state index in [-0.39, 0.29) is 17.7 Å². The molecule has 1 aromatic carbocycles. The van der Waals surface area contributed by atoms with Gasteiger partial charge in [0, 0.05) is 6.20 Å². The van der Waals surface area contributed by atoms with Crippen LogP contribution < -0.4 is 5.32 Å². The lowest BCUT2D eigenvalue weighted by Crippen LogP contribution is -2.09. The van der Waals surface area contributed by atoms with Gasteiger partial charge in [0.25, 0.3) is 0 Å². The number of nitriles is 2. The molecule has 0 fully saturated rings. The second kappa shape index (κ2) is 7.80. The predicted octanol–water partition coefficient (Wildman–Crippen LogP) is 3.01. The number of aromatic nitrogens is 2. The number of benzene rings is 1. The zero-order valence-electron chi connectivity index (χ0n) is 14.2. The van der Waals surface area contributed by atoms with Gasteiger partial charge in [-0.2, -0.15) is 15.6 Å². The first kappa shape index (κ1) is 17.8. The molecule has 1 N–H and O–H groups in total. The molecule has 2 rings (SSSR count). The molecule has 0 saturated carbocycles. The Hall–Kier alpha value is -3.58. The molecule has 0 radical (unpaired) electrons. The van der Waals surface area contributed by atoms with E-state index >= 15 is 0 Å². The summed E-state index contributed by atoms with van der Waals surface area (Å²) in [7, 11) is 0. The minimum absolute atomic E-state index is 0.122. The van der Waals surface area contributed by atoms with E-state index in [2.05, 4.69) is 10.4 Å². The summed E-state index contributed by atoms with van der Waals surface area (Å²) in [5, 5.41) is 24.9. The van der Waals surface area contributed by atoms with E-state index in [0.29, 0.717) is 5.82 Å². The molecule has 1 heterocycles. The van der Waals surface area contributed by atoms with Crippen LogP contribution in [0.3, 0.4) is 0 Å². The normalized spacial score (nSPS) is 9.64. The summed E-state index contributed by atoms with van der Waals surface area (Å²) < 4.78 is 6.58. The summed E-state index contributed by atoms with van der Waals surface area (Å²) in [6.45, 7) is 5.86. The first-order chi connectivity index (χ1) is 12.0. The van der Waals surface area contributed by atoms with Crippen LogP contribution >= 0.6 is 0 Å². The quantitative estimate of drug-likeness (QED) is 0.665. The number of carbonyl (C=O) groups is 1. The van der Waals surface area contributed by atoms with Crippen LogP contribution in [-0.4, -0.2) is 22.4 Å². The smallest absolute Gasteiger partial charge is 0.343 e. The Morgan fingerprint density at radius 3 is 2.48 bits per heavy atom. The van der Waals surface area contributed by atoms with Crippen molar-refractivity contribution < 1.29 is 9.53 Å². The second-order valence-corrected chi connectivity index (χ2v) is 5.31. The minimum Gasteiger partial charge on any atom is -0.462 e. The van der Waals surface area contributed by atoms with E-state index in [0.717, 1.165) is 16.8 Å². The van der Waals surface area contributed by atoms with E-state index in [4.69, 9.17) is 15.3 Å². The molecule has 0 atom stereocenters. The highest BCUT2D eigenvalue weighted by Crippen LogP contribution is 2.23. The zero-order chi connectivity index (χ0) is 18.4. The van der Waals surface area contributed by atoms with Gasteiger partial charge in [0.15, 0.2) is 0 Å². The maximum atomic E-state index is 12.2.